The van der Waals surface area contributed by atoms with Crippen molar-refractivity contribution in [2.45, 2.75) is 18.8 Å². The second-order valence-corrected chi connectivity index (χ2v) is 3.59. The van der Waals surface area contributed by atoms with E-state index in [0.717, 1.165) is 24.1 Å². The van der Waals surface area contributed by atoms with Crippen LogP contribution in [0.3, 0.4) is 0 Å². The van der Waals surface area contributed by atoms with Gasteiger partial charge in [-0.2, -0.15) is 0 Å². The molecule has 1 aromatic carbocycles. The molecular formula is C11H13NO2. The van der Waals surface area contributed by atoms with E-state index in [0.29, 0.717) is 0 Å². The lowest BCUT2D eigenvalue weighted by molar-refractivity contribution is -0.138. The molecule has 74 valence electrons. The summed E-state index contributed by atoms with van der Waals surface area (Å²) in [6, 6.07) is 5.89. The van der Waals surface area contributed by atoms with E-state index in [-0.39, 0.29) is 5.92 Å². The van der Waals surface area contributed by atoms with Crippen molar-refractivity contribution in [3.05, 3.63) is 29.3 Å². The number of hydrogen-bond acceptors (Lipinski definition) is 2. The first-order chi connectivity index (χ1) is 6.72. The van der Waals surface area contributed by atoms with Gasteiger partial charge >= 0.3 is 5.97 Å². The minimum atomic E-state index is -0.707. The van der Waals surface area contributed by atoms with Crippen LogP contribution in [0.5, 0.6) is 0 Å². The molecule has 0 bridgehead atoms. The summed E-state index contributed by atoms with van der Waals surface area (Å²) in [6.07, 6.45) is 1.61. The lowest BCUT2D eigenvalue weighted by Crippen LogP contribution is -2.07. The monoisotopic (exact) mass is 191 g/mol. The van der Waals surface area contributed by atoms with Crippen molar-refractivity contribution >= 4 is 11.7 Å². The summed E-state index contributed by atoms with van der Waals surface area (Å²) in [5.74, 6) is -1.00. The fourth-order valence-electron chi connectivity index (χ4n) is 2.03. The Morgan fingerprint density at radius 3 is 3.00 bits per heavy atom. The maximum atomic E-state index is 10.9. The van der Waals surface area contributed by atoms with E-state index in [1.807, 2.05) is 25.2 Å². The zero-order valence-electron chi connectivity index (χ0n) is 8.08. The number of benzene rings is 1. The molecule has 14 heavy (non-hydrogen) atoms. The van der Waals surface area contributed by atoms with Gasteiger partial charge in [0.05, 0.1) is 5.92 Å². The Labute approximate surface area is 82.8 Å². The van der Waals surface area contributed by atoms with Crippen LogP contribution >= 0.6 is 0 Å². The Bertz CT molecular complexity index is 374. The predicted octanol–water partition coefficient (Wildman–Crippen LogP) is 1.84. The van der Waals surface area contributed by atoms with Crippen LogP contribution in [0.4, 0.5) is 5.69 Å². The molecule has 2 N–H and O–H groups in total. The van der Waals surface area contributed by atoms with Crippen molar-refractivity contribution in [2.24, 2.45) is 0 Å². The van der Waals surface area contributed by atoms with Gasteiger partial charge in [0.2, 0.25) is 0 Å². The van der Waals surface area contributed by atoms with Gasteiger partial charge in [-0.25, -0.2) is 0 Å². The number of carbonyl (C=O) groups is 1. The van der Waals surface area contributed by atoms with Crippen molar-refractivity contribution in [1.29, 1.82) is 0 Å². The number of nitrogens with one attached hydrogen (secondary N) is 1. The molecule has 0 fully saturated rings. The summed E-state index contributed by atoms with van der Waals surface area (Å²) in [7, 11) is 1.87. The van der Waals surface area contributed by atoms with Crippen LogP contribution in [0.1, 0.15) is 23.5 Å². The second kappa shape index (κ2) is 3.33. The third-order valence-electron chi connectivity index (χ3n) is 2.81. The minimum absolute atomic E-state index is 0.295. The Kier molecular flexibility index (Phi) is 2.15. The molecule has 0 aromatic heterocycles. The fraction of sp³-hybridized carbons (Fsp3) is 0.364. The van der Waals surface area contributed by atoms with Crippen molar-refractivity contribution in [2.75, 3.05) is 12.4 Å². The van der Waals surface area contributed by atoms with Gasteiger partial charge in [-0.05, 0) is 36.1 Å². The number of anilines is 1. The minimum Gasteiger partial charge on any atom is -0.481 e. The van der Waals surface area contributed by atoms with Crippen molar-refractivity contribution < 1.29 is 9.90 Å². The van der Waals surface area contributed by atoms with Crippen LogP contribution in [-0.2, 0) is 11.2 Å². The SMILES string of the molecule is CNc1ccc2c(c1)CCC2C(=O)O. The normalized spacial score (nSPS) is 19.1. The third kappa shape index (κ3) is 1.35. The molecule has 0 aliphatic heterocycles. The smallest absolute Gasteiger partial charge is 0.310 e. The first kappa shape index (κ1) is 9.06. The molecule has 1 aliphatic rings. The van der Waals surface area contributed by atoms with Crippen LogP contribution in [0.25, 0.3) is 0 Å². The van der Waals surface area contributed by atoms with E-state index in [9.17, 15) is 4.79 Å². The van der Waals surface area contributed by atoms with Crippen molar-refractivity contribution in [3.63, 3.8) is 0 Å². The van der Waals surface area contributed by atoms with Gasteiger partial charge < -0.3 is 10.4 Å². The summed E-state index contributed by atoms with van der Waals surface area (Å²) in [6.45, 7) is 0. The fourth-order valence-corrected chi connectivity index (χ4v) is 2.03. The molecule has 1 aromatic rings. The molecule has 0 spiro atoms. The standard InChI is InChI=1S/C11H13NO2/c1-12-8-3-5-9-7(6-8)2-4-10(9)11(13)14/h3,5-6,10,12H,2,4H2,1H3,(H,13,14). The Hall–Kier alpha value is -1.51. The lowest BCUT2D eigenvalue weighted by atomic mass is 10.0. The highest BCUT2D eigenvalue weighted by Crippen LogP contribution is 2.34. The predicted molar refractivity (Wildman–Crippen MR) is 54.7 cm³/mol. The van der Waals surface area contributed by atoms with E-state index in [2.05, 4.69) is 5.32 Å². The first-order valence-corrected chi connectivity index (χ1v) is 4.75. The lowest BCUT2D eigenvalue weighted by Gasteiger charge is -2.07. The highest BCUT2D eigenvalue weighted by atomic mass is 16.4. The van der Waals surface area contributed by atoms with Gasteiger partial charge in [-0.3, -0.25) is 4.79 Å². The van der Waals surface area contributed by atoms with Crippen LogP contribution < -0.4 is 5.32 Å². The Morgan fingerprint density at radius 2 is 2.36 bits per heavy atom. The third-order valence-corrected chi connectivity index (χ3v) is 2.81. The topological polar surface area (TPSA) is 49.3 Å². The summed E-state index contributed by atoms with van der Waals surface area (Å²) in [5.41, 5.74) is 3.20. The number of hydrogen-bond donors (Lipinski definition) is 2. The number of rotatable bonds is 2. The molecule has 2 rings (SSSR count). The molecule has 0 heterocycles. The number of carboxylic acids is 1. The molecule has 1 aliphatic carbocycles. The van der Waals surface area contributed by atoms with Gasteiger partial charge in [-0.15, -0.1) is 0 Å². The van der Waals surface area contributed by atoms with Gasteiger partial charge in [0.25, 0.3) is 0 Å². The summed E-state index contributed by atoms with van der Waals surface area (Å²) in [4.78, 5) is 10.9. The molecule has 3 heteroatoms. The quantitative estimate of drug-likeness (QED) is 0.750. The molecule has 0 saturated heterocycles. The molecule has 0 saturated carbocycles. The second-order valence-electron chi connectivity index (χ2n) is 3.59. The molecule has 1 unspecified atom stereocenters. The Balaban J connectivity index is 2.38. The highest BCUT2D eigenvalue weighted by molar-refractivity contribution is 5.78. The van der Waals surface area contributed by atoms with E-state index in [1.165, 1.54) is 5.56 Å². The van der Waals surface area contributed by atoms with Crippen LogP contribution in [0, 0.1) is 0 Å². The van der Waals surface area contributed by atoms with Gasteiger partial charge in [0, 0.05) is 12.7 Å². The summed E-state index contributed by atoms with van der Waals surface area (Å²) < 4.78 is 0. The molecule has 3 nitrogen and oxygen atoms in total. The maximum Gasteiger partial charge on any atom is 0.310 e. The zero-order valence-corrected chi connectivity index (χ0v) is 8.08. The highest BCUT2D eigenvalue weighted by Gasteiger charge is 2.27. The molecule has 0 amide bonds. The van der Waals surface area contributed by atoms with E-state index < -0.39 is 5.97 Å². The zero-order chi connectivity index (χ0) is 10.1. The average Bonchev–Trinajstić information content (AvgIpc) is 2.59. The molecular weight excluding hydrogens is 178 g/mol. The van der Waals surface area contributed by atoms with Crippen LogP contribution in [0.15, 0.2) is 18.2 Å². The van der Waals surface area contributed by atoms with Crippen LogP contribution in [0.2, 0.25) is 0 Å². The van der Waals surface area contributed by atoms with Crippen molar-refractivity contribution in [3.8, 4) is 0 Å². The molecule has 0 radical (unpaired) electrons. The van der Waals surface area contributed by atoms with E-state index in [4.69, 9.17) is 5.11 Å². The number of carboxylic acid groups (broad SMARTS) is 1. The van der Waals surface area contributed by atoms with Gasteiger partial charge in [0.15, 0.2) is 0 Å². The average molecular weight is 191 g/mol. The summed E-state index contributed by atoms with van der Waals surface area (Å²) >= 11 is 0. The number of aryl methyl sites for hydroxylation is 1. The molecule has 1 atom stereocenters. The maximum absolute atomic E-state index is 10.9. The number of fused-ring (bicyclic) bond motifs is 1. The first-order valence-electron chi connectivity index (χ1n) is 4.75. The van der Waals surface area contributed by atoms with Gasteiger partial charge in [0.1, 0.15) is 0 Å². The largest absolute Gasteiger partial charge is 0.481 e. The summed E-state index contributed by atoms with van der Waals surface area (Å²) in [5, 5.41) is 12.0. The van der Waals surface area contributed by atoms with E-state index in [1.54, 1.807) is 0 Å². The Morgan fingerprint density at radius 1 is 1.57 bits per heavy atom. The number of aliphatic carboxylic acids is 1. The van der Waals surface area contributed by atoms with Crippen molar-refractivity contribution in [1.82, 2.24) is 0 Å². The van der Waals surface area contributed by atoms with Gasteiger partial charge in [-0.1, -0.05) is 6.07 Å². The van der Waals surface area contributed by atoms with Crippen LogP contribution in [-0.4, -0.2) is 18.1 Å². The van der Waals surface area contributed by atoms with E-state index >= 15 is 0 Å².